The Hall–Kier alpha value is -1.57. The van der Waals surface area contributed by atoms with Crippen molar-refractivity contribution in [2.75, 3.05) is 0 Å². The number of rotatable bonds is 1. The highest BCUT2D eigenvalue weighted by molar-refractivity contribution is 5.93. The monoisotopic (exact) mass is 202 g/mol. The fraction of sp³-hybridized carbons (Fsp3) is 0.308. The number of carbonyl (C=O) groups excluding carboxylic acids is 1. The maximum absolute atomic E-state index is 11.6. The number of hydrogen-bond acceptors (Lipinski definition) is 2. The molecule has 0 unspecified atom stereocenters. The Labute approximate surface area is 89.6 Å². The highest BCUT2D eigenvalue weighted by Gasteiger charge is 2.29. The average molecular weight is 202 g/mol. The zero-order valence-corrected chi connectivity index (χ0v) is 8.94. The maximum Gasteiger partial charge on any atom is 0.165 e. The van der Waals surface area contributed by atoms with Crippen molar-refractivity contribution >= 4 is 5.78 Å². The highest BCUT2D eigenvalue weighted by Crippen LogP contribution is 2.32. The lowest BCUT2D eigenvalue weighted by Crippen LogP contribution is -2.24. The van der Waals surface area contributed by atoms with Gasteiger partial charge in [-0.2, -0.15) is 0 Å². The Kier molecular flexibility index (Phi) is 2.58. The fourth-order valence-corrected chi connectivity index (χ4v) is 1.82. The second-order valence-corrected chi connectivity index (χ2v) is 3.90. The van der Waals surface area contributed by atoms with E-state index < -0.39 is 0 Å². The van der Waals surface area contributed by atoms with Gasteiger partial charge in [-0.1, -0.05) is 37.3 Å². The lowest BCUT2D eigenvalue weighted by molar-refractivity contribution is -0.124. The van der Waals surface area contributed by atoms with Crippen LogP contribution in [0.25, 0.3) is 0 Å². The van der Waals surface area contributed by atoms with E-state index in [-0.39, 0.29) is 17.8 Å². The fourth-order valence-electron chi connectivity index (χ4n) is 1.82. The molecule has 2 nitrogen and oxygen atoms in total. The molecule has 1 aliphatic rings. The summed E-state index contributed by atoms with van der Waals surface area (Å²) in [7, 11) is 0. The molecule has 0 N–H and O–H groups in total. The van der Waals surface area contributed by atoms with E-state index >= 15 is 0 Å². The molecule has 0 amide bonds. The lowest BCUT2D eigenvalue weighted by atomic mass is 9.91. The van der Waals surface area contributed by atoms with E-state index in [1.54, 1.807) is 6.08 Å². The second-order valence-electron chi connectivity index (χ2n) is 3.90. The minimum Gasteiger partial charge on any atom is -0.489 e. The number of ether oxygens (including phenoxy) is 1. The zero-order chi connectivity index (χ0) is 10.8. The first kappa shape index (κ1) is 9.97. The van der Waals surface area contributed by atoms with Crippen molar-refractivity contribution in [2.45, 2.75) is 20.0 Å². The molecule has 2 rings (SSSR count). The van der Waals surface area contributed by atoms with Crippen LogP contribution < -0.4 is 0 Å². The summed E-state index contributed by atoms with van der Waals surface area (Å²) in [6.07, 6.45) is 1.44. The summed E-state index contributed by atoms with van der Waals surface area (Å²) >= 11 is 0. The molecule has 0 spiro atoms. The topological polar surface area (TPSA) is 26.3 Å². The van der Waals surface area contributed by atoms with E-state index in [1.807, 2.05) is 44.2 Å². The van der Waals surface area contributed by atoms with E-state index in [0.29, 0.717) is 5.76 Å². The first-order chi connectivity index (χ1) is 7.18. The van der Waals surface area contributed by atoms with Gasteiger partial charge in [0.2, 0.25) is 0 Å². The molecule has 15 heavy (non-hydrogen) atoms. The molecular formula is C13H14O2. The third-order valence-corrected chi connectivity index (χ3v) is 2.69. The van der Waals surface area contributed by atoms with Crippen molar-refractivity contribution in [3.05, 3.63) is 47.7 Å². The van der Waals surface area contributed by atoms with Crippen molar-refractivity contribution in [1.82, 2.24) is 0 Å². The minimum absolute atomic E-state index is 0.101. The summed E-state index contributed by atoms with van der Waals surface area (Å²) in [5.74, 6) is 0.746. The average Bonchev–Trinajstić information content (AvgIpc) is 2.24. The van der Waals surface area contributed by atoms with Gasteiger partial charge in [0, 0.05) is 6.08 Å². The summed E-state index contributed by atoms with van der Waals surface area (Å²) in [6.45, 7) is 3.72. The number of allylic oxidation sites excluding steroid dienone is 2. The summed E-state index contributed by atoms with van der Waals surface area (Å²) in [4.78, 5) is 11.6. The number of carbonyl (C=O) groups is 1. The van der Waals surface area contributed by atoms with Crippen LogP contribution in [0.5, 0.6) is 0 Å². The molecule has 1 aliphatic heterocycles. The van der Waals surface area contributed by atoms with Gasteiger partial charge in [0.15, 0.2) is 5.78 Å². The SMILES string of the molecule is CC1=CC(=O)[C@H](C)[C@H](c2ccccc2)O1. The summed E-state index contributed by atoms with van der Waals surface area (Å²) < 4.78 is 5.70. The van der Waals surface area contributed by atoms with E-state index in [1.165, 1.54) is 0 Å². The Balaban J connectivity index is 2.31. The van der Waals surface area contributed by atoms with Gasteiger partial charge >= 0.3 is 0 Å². The molecular weight excluding hydrogens is 188 g/mol. The molecule has 2 atom stereocenters. The van der Waals surface area contributed by atoms with Crippen molar-refractivity contribution in [1.29, 1.82) is 0 Å². The van der Waals surface area contributed by atoms with E-state index in [9.17, 15) is 4.79 Å². The second kappa shape index (κ2) is 3.89. The number of ketones is 1. The molecule has 2 heteroatoms. The van der Waals surface area contributed by atoms with Gasteiger partial charge in [-0.3, -0.25) is 4.79 Å². The smallest absolute Gasteiger partial charge is 0.165 e. The van der Waals surface area contributed by atoms with Crippen molar-refractivity contribution in [3.63, 3.8) is 0 Å². The molecule has 1 aromatic carbocycles. The first-order valence-corrected chi connectivity index (χ1v) is 5.12. The van der Waals surface area contributed by atoms with Gasteiger partial charge in [0.25, 0.3) is 0 Å². The predicted molar refractivity (Wildman–Crippen MR) is 58.2 cm³/mol. The van der Waals surface area contributed by atoms with Crippen LogP contribution in [-0.4, -0.2) is 5.78 Å². The van der Waals surface area contributed by atoms with Gasteiger partial charge in [0.05, 0.1) is 11.7 Å². The van der Waals surface area contributed by atoms with Crippen molar-refractivity contribution < 1.29 is 9.53 Å². The quantitative estimate of drug-likeness (QED) is 0.700. The summed E-state index contributed by atoms with van der Waals surface area (Å²) in [5.41, 5.74) is 1.06. The molecule has 0 saturated carbocycles. The molecule has 0 saturated heterocycles. The van der Waals surface area contributed by atoms with Crippen molar-refractivity contribution in [3.8, 4) is 0 Å². The molecule has 0 fully saturated rings. The van der Waals surface area contributed by atoms with Crippen LogP contribution in [-0.2, 0) is 9.53 Å². The van der Waals surface area contributed by atoms with E-state index in [2.05, 4.69) is 0 Å². The largest absolute Gasteiger partial charge is 0.489 e. The van der Waals surface area contributed by atoms with Crippen LogP contribution >= 0.6 is 0 Å². The predicted octanol–water partition coefficient (Wildman–Crippen LogP) is 2.87. The number of benzene rings is 1. The molecule has 78 valence electrons. The van der Waals surface area contributed by atoms with Crippen LogP contribution in [0.1, 0.15) is 25.5 Å². The Morgan fingerprint density at radius 2 is 1.87 bits per heavy atom. The van der Waals surface area contributed by atoms with Gasteiger partial charge < -0.3 is 4.74 Å². The summed E-state index contributed by atoms with van der Waals surface area (Å²) in [6, 6.07) is 9.87. The van der Waals surface area contributed by atoms with Crippen LogP contribution in [0, 0.1) is 5.92 Å². The van der Waals surface area contributed by atoms with Gasteiger partial charge in [-0.15, -0.1) is 0 Å². The zero-order valence-electron chi connectivity index (χ0n) is 8.94. The molecule has 0 aromatic heterocycles. The number of hydrogen-bond donors (Lipinski definition) is 0. The molecule has 0 radical (unpaired) electrons. The third-order valence-electron chi connectivity index (χ3n) is 2.69. The summed E-state index contributed by atoms with van der Waals surface area (Å²) in [5, 5.41) is 0. The lowest BCUT2D eigenvalue weighted by Gasteiger charge is -2.28. The highest BCUT2D eigenvalue weighted by atomic mass is 16.5. The molecule has 0 bridgehead atoms. The Morgan fingerprint density at radius 1 is 1.20 bits per heavy atom. The maximum atomic E-state index is 11.6. The first-order valence-electron chi connectivity index (χ1n) is 5.12. The van der Waals surface area contributed by atoms with E-state index in [4.69, 9.17) is 4.74 Å². The molecule has 1 aromatic rings. The minimum atomic E-state index is -0.135. The third kappa shape index (κ3) is 1.94. The van der Waals surface area contributed by atoms with Gasteiger partial charge in [-0.25, -0.2) is 0 Å². The van der Waals surface area contributed by atoms with Gasteiger partial charge in [-0.05, 0) is 12.5 Å². The Bertz CT molecular complexity index is 392. The standard InChI is InChI=1S/C13H14O2/c1-9-8-12(14)10(2)13(15-9)11-6-4-3-5-7-11/h3-8,10,13H,1-2H3/t10-,13+/m0/s1. The molecule has 0 aliphatic carbocycles. The van der Waals surface area contributed by atoms with Crippen LogP contribution in [0.3, 0.4) is 0 Å². The van der Waals surface area contributed by atoms with Gasteiger partial charge in [0.1, 0.15) is 6.10 Å². The normalized spacial score (nSPS) is 25.7. The Morgan fingerprint density at radius 3 is 2.53 bits per heavy atom. The van der Waals surface area contributed by atoms with Crippen LogP contribution in [0.4, 0.5) is 0 Å². The van der Waals surface area contributed by atoms with Crippen molar-refractivity contribution in [2.24, 2.45) is 5.92 Å². The van der Waals surface area contributed by atoms with E-state index in [0.717, 1.165) is 5.56 Å². The molecule has 1 heterocycles. The van der Waals surface area contributed by atoms with Crippen LogP contribution in [0.2, 0.25) is 0 Å². The van der Waals surface area contributed by atoms with Crippen LogP contribution in [0.15, 0.2) is 42.2 Å².